The van der Waals surface area contributed by atoms with E-state index in [0.29, 0.717) is 5.56 Å². The van der Waals surface area contributed by atoms with Crippen LogP contribution in [-0.2, 0) is 30.3 Å². The Morgan fingerprint density at radius 1 is 1.00 bits per heavy atom. The molecule has 2 saturated heterocycles. The highest BCUT2D eigenvalue weighted by molar-refractivity contribution is 6.32. The summed E-state index contributed by atoms with van der Waals surface area (Å²) in [5, 5.41) is 73.5. The summed E-state index contributed by atoms with van der Waals surface area (Å²) >= 11 is 5.81. The highest BCUT2D eigenvalue weighted by atomic mass is 35.5. The van der Waals surface area contributed by atoms with Crippen LogP contribution in [0.3, 0.4) is 0 Å². The Kier molecular flexibility index (Phi) is 10.7. The molecule has 16 nitrogen and oxygen atoms in total. The zero-order valence-electron chi connectivity index (χ0n) is 21.7. The normalized spacial score (nSPS) is 33.2. The topological polar surface area (TPSA) is 241 Å². The third kappa shape index (κ3) is 7.19. The van der Waals surface area contributed by atoms with E-state index in [4.69, 9.17) is 35.3 Å². The van der Waals surface area contributed by atoms with Crippen LogP contribution in [-0.4, -0.2) is 121 Å². The third-order valence-electron chi connectivity index (χ3n) is 6.68. The van der Waals surface area contributed by atoms with Gasteiger partial charge in [-0.05, 0) is 23.8 Å². The standard InChI is InChI=1S/C25H29ClN2O14/c26-13-4-3-11(6-14(13)28(36)37)9-39-24-21(34)19(32)22(15(8-29)40-24)42-25-20(33)18(31)17(30)16(41-25)10-38-23(35)12-2-1-5-27-7-12/h1-7,15-22,24-25,29-34H,8-10H2/t15-,16-,17-,18+,19-,20-,21-,22-,24+,25+/m1/s1. The number of hydrogen-bond donors (Lipinski definition) is 6. The lowest BCUT2D eigenvalue weighted by Gasteiger charge is -2.46. The first-order valence-electron chi connectivity index (χ1n) is 12.6. The molecule has 0 radical (unpaired) electrons. The number of aliphatic hydroxyl groups excluding tert-OH is 6. The number of aromatic nitrogens is 1. The number of aliphatic hydroxyl groups is 6. The number of hydrogen-bond acceptors (Lipinski definition) is 15. The monoisotopic (exact) mass is 616 g/mol. The Morgan fingerprint density at radius 3 is 2.38 bits per heavy atom. The van der Waals surface area contributed by atoms with E-state index in [1.165, 1.54) is 36.7 Å². The van der Waals surface area contributed by atoms with E-state index in [2.05, 4.69) is 4.98 Å². The van der Waals surface area contributed by atoms with Crippen LogP contribution in [0.5, 0.6) is 0 Å². The van der Waals surface area contributed by atoms with Crippen molar-refractivity contribution < 1.29 is 64.0 Å². The van der Waals surface area contributed by atoms with Gasteiger partial charge in [-0.3, -0.25) is 15.1 Å². The summed E-state index contributed by atoms with van der Waals surface area (Å²) in [6, 6.07) is 6.85. The second-order valence-corrected chi connectivity index (χ2v) is 9.92. The average molecular weight is 617 g/mol. The van der Waals surface area contributed by atoms with Gasteiger partial charge in [0.15, 0.2) is 12.6 Å². The molecule has 2 aliphatic heterocycles. The number of nitrogens with zero attached hydrogens (tertiary/aromatic N) is 2. The number of halogens is 1. The predicted octanol–water partition coefficient (Wildman–Crippen LogP) is -1.35. The molecule has 0 aliphatic carbocycles. The van der Waals surface area contributed by atoms with Gasteiger partial charge in [0.25, 0.3) is 5.69 Å². The molecular weight excluding hydrogens is 588 g/mol. The number of ether oxygens (including phenoxy) is 5. The Labute approximate surface area is 242 Å². The summed E-state index contributed by atoms with van der Waals surface area (Å²) in [5.41, 5.74) is 0.0504. The maximum absolute atomic E-state index is 12.2. The minimum absolute atomic E-state index is 0.0906. The molecule has 0 saturated carbocycles. The van der Waals surface area contributed by atoms with Gasteiger partial charge in [0.2, 0.25) is 0 Å². The van der Waals surface area contributed by atoms with E-state index in [1.54, 1.807) is 0 Å². The van der Waals surface area contributed by atoms with E-state index in [-0.39, 0.29) is 22.9 Å². The molecule has 10 atom stereocenters. The van der Waals surface area contributed by atoms with E-state index < -0.39 is 85.5 Å². The molecule has 1 aromatic carbocycles. The van der Waals surface area contributed by atoms with Crippen LogP contribution in [0.1, 0.15) is 15.9 Å². The molecule has 6 N–H and O–H groups in total. The highest BCUT2D eigenvalue weighted by Crippen LogP contribution is 2.31. The number of esters is 1. The molecular formula is C25H29ClN2O14. The summed E-state index contributed by atoms with van der Waals surface area (Å²) in [4.78, 5) is 26.5. The minimum Gasteiger partial charge on any atom is -0.459 e. The second kappa shape index (κ2) is 14.1. The van der Waals surface area contributed by atoms with Crippen molar-refractivity contribution in [3.63, 3.8) is 0 Å². The summed E-state index contributed by atoms with van der Waals surface area (Å²) in [6.07, 6.45) is -13.8. The fraction of sp³-hybridized carbons (Fsp3) is 0.520. The van der Waals surface area contributed by atoms with Crippen molar-refractivity contribution in [2.75, 3.05) is 13.2 Å². The highest BCUT2D eigenvalue weighted by Gasteiger charge is 2.51. The number of pyridine rings is 1. The third-order valence-corrected chi connectivity index (χ3v) is 7.00. The van der Waals surface area contributed by atoms with Crippen LogP contribution in [0.15, 0.2) is 42.7 Å². The Bertz CT molecular complexity index is 1220. The van der Waals surface area contributed by atoms with Gasteiger partial charge in [0.1, 0.15) is 60.5 Å². The molecule has 17 heteroatoms. The quantitative estimate of drug-likeness (QED) is 0.103. The molecule has 0 bridgehead atoms. The summed E-state index contributed by atoms with van der Waals surface area (Å²) < 4.78 is 27.3. The molecule has 4 rings (SSSR count). The second-order valence-electron chi connectivity index (χ2n) is 9.52. The molecule has 0 spiro atoms. The number of carbonyl (C=O) groups excluding carboxylic acids is 1. The van der Waals surface area contributed by atoms with Crippen molar-refractivity contribution in [1.29, 1.82) is 0 Å². The molecule has 1 aromatic heterocycles. The molecule has 230 valence electrons. The largest absolute Gasteiger partial charge is 0.459 e. The van der Waals surface area contributed by atoms with Gasteiger partial charge < -0.3 is 54.3 Å². The maximum Gasteiger partial charge on any atom is 0.339 e. The predicted molar refractivity (Wildman–Crippen MR) is 137 cm³/mol. The zero-order valence-corrected chi connectivity index (χ0v) is 22.4. The van der Waals surface area contributed by atoms with Crippen molar-refractivity contribution >= 4 is 23.3 Å². The lowest BCUT2D eigenvalue weighted by atomic mass is 9.97. The van der Waals surface area contributed by atoms with Crippen LogP contribution < -0.4 is 0 Å². The van der Waals surface area contributed by atoms with Crippen molar-refractivity contribution in [2.45, 2.75) is 68.0 Å². The molecule has 2 aromatic rings. The van der Waals surface area contributed by atoms with Crippen molar-refractivity contribution in [1.82, 2.24) is 4.98 Å². The van der Waals surface area contributed by atoms with E-state index >= 15 is 0 Å². The van der Waals surface area contributed by atoms with Gasteiger partial charge in [-0.25, -0.2) is 4.79 Å². The lowest BCUT2D eigenvalue weighted by Crippen LogP contribution is -2.64. The summed E-state index contributed by atoms with van der Waals surface area (Å²) in [6.45, 7) is -1.63. The van der Waals surface area contributed by atoms with Gasteiger partial charge >= 0.3 is 5.97 Å². The maximum atomic E-state index is 12.2. The van der Waals surface area contributed by atoms with E-state index in [9.17, 15) is 45.5 Å². The van der Waals surface area contributed by atoms with Gasteiger partial charge in [-0.2, -0.15) is 0 Å². The Balaban J connectivity index is 1.39. The van der Waals surface area contributed by atoms with Crippen molar-refractivity contribution in [3.05, 3.63) is 69.0 Å². The first-order valence-corrected chi connectivity index (χ1v) is 13.0. The molecule has 2 fully saturated rings. The fourth-order valence-electron chi connectivity index (χ4n) is 4.37. The number of rotatable bonds is 10. The molecule has 42 heavy (non-hydrogen) atoms. The lowest BCUT2D eigenvalue weighted by molar-refractivity contribution is -0.384. The number of carbonyl (C=O) groups is 1. The SMILES string of the molecule is O=C(OC[C@H]1O[C@@H](O[C@H]2[C@H](O)[C@@H](O)[C@@H](OCc3ccc(Cl)c([N+](=O)[O-])c3)O[C@@H]2CO)[C@H](O)[C@@H](O)[C@@H]1O)c1cccnc1. The molecule has 0 unspecified atom stereocenters. The van der Waals surface area contributed by atoms with Crippen LogP contribution >= 0.6 is 11.6 Å². The smallest absolute Gasteiger partial charge is 0.339 e. The number of nitro benzene ring substituents is 1. The Hall–Kier alpha value is -2.87. The van der Waals surface area contributed by atoms with E-state index in [1.807, 2.05) is 0 Å². The van der Waals surface area contributed by atoms with Gasteiger partial charge in [0.05, 0.1) is 23.7 Å². The summed E-state index contributed by atoms with van der Waals surface area (Å²) in [5.74, 6) is -0.796. The number of nitro groups is 1. The fourth-order valence-corrected chi connectivity index (χ4v) is 4.56. The Morgan fingerprint density at radius 2 is 1.71 bits per heavy atom. The molecule has 0 amide bonds. The van der Waals surface area contributed by atoms with Crippen LogP contribution in [0.4, 0.5) is 5.69 Å². The molecule has 3 heterocycles. The van der Waals surface area contributed by atoms with Crippen LogP contribution in [0.25, 0.3) is 0 Å². The number of benzene rings is 1. The van der Waals surface area contributed by atoms with Crippen LogP contribution in [0, 0.1) is 10.1 Å². The molecule has 2 aliphatic rings. The van der Waals surface area contributed by atoms with Crippen molar-refractivity contribution in [2.24, 2.45) is 0 Å². The van der Waals surface area contributed by atoms with Crippen molar-refractivity contribution in [3.8, 4) is 0 Å². The van der Waals surface area contributed by atoms with Gasteiger partial charge in [0, 0.05) is 18.5 Å². The van der Waals surface area contributed by atoms with Gasteiger partial charge in [-0.15, -0.1) is 0 Å². The zero-order chi connectivity index (χ0) is 30.6. The van der Waals surface area contributed by atoms with E-state index in [0.717, 1.165) is 6.07 Å². The summed E-state index contributed by atoms with van der Waals surface area (Å²) in [7, 11) is 0. The first kappa shape index (κ1) is 32.1. The van der Waals surface area contributed by atoms with Gasteiger partial charge in [-0.1, -0.05) is 17.7 Å². The van der Waals surface area contributed by atoms with Crippen LogP contribution in [0.2, 0.25) is 5.02 Å². The first-order chi connectivity index (χ1) is 20.0. The minimum atomic E-state index is -1.86. The average Bonchev–Trinajstić information content (AvgIpc) is 2.99.